The molecule has 5 nitrogen and oxygen atoms in total. The molecule has 16 heavy (non-hydrogen) atoms. The molecule has 82 valence electrons. The smallest absolute Gasteiger partial charge is 0.223 e. The van der Waals surface area contributed by atoms with Gasteiger partial charge in [-0.2, -0.15) is 14.4 Å². The largest absolute Gasteiger partial charge is 0.368 e. The normalized spacial score (nSPS) is 10.4. The van der Waals surface area contributed by atoms with Crippen molar-refractivity contribution in [1.29, 1.82) is 0 Å². The van der Waals surface area contributed by atoms with Gasteiger partial charge in [0.25, 0.3) is 0 Å². The molecular formula is C10H10FN5. The van der Waals surface area contributed by atoms with Crippen LogP contribution in [0.15, 0.2) is 12.3 Å². The minimum Gasteiger partial charge on any atom is -0.368 e. The van der Waals surface area contributed by atoms with E-state index in [1.165, 1.54) is 6.20 Å². The number of aryl methyl sites for hydroxylation is 2. The van der Waals surface area contributed by atoms with Gasteiger partial charge >= 0.3 is 0 Å². The van der Waals surface area contributed by atoms with E-state index in [0.29, 0.717) is 5.82 Å². The van der Waals surface area contributed by atoms with E-state index in [9.17, 15) is 4.39 Å². The van der Waals surface area contributed by atoms with Crippen molar-refractivity contribution in [3.8, 4) is 11.4 Å². The third-order valence-corrected chi connectivity index (χ3v) is 1.98. The lowest BCUT2D eigenvalue weighted by Crippen LogP contribution is -2.03. The number of hydrogen-bond acceptors (Lipinski definition) is 5. The molecule has 0 bridgehead atoms. The summed E-state index contributed by atoms with van der Waals surface area (Å²) in [6, 6.07) is 1.62. The van der Waals surface area contributed by atoms with E-state index in [0.717, 1.165) is 5.56 Å². The summed E-state index contributed by atoms with van der Waals surface area (Å²) >= 11 is 0. The molecule has 0 radical (unpaired) electrons. The highest BCUT2D eigenvalue weighted by Crippen LogP contribution is 2.18. The predicted molar refractivity (Wildman–Crippen MR) is 56.9 cm³/mol. The van der Waals surface area contributed by atoms with Gasteiger partial charge in [-0.05, 0) is 25.5 Å². The summed E-state index contributed by atoms with van der Waals surface area (Å²) in [6.07, 6.45) is 1.44. The Morgan fingerprint density at radius 2 is 1.94 bits per heavy atom. The highest BCUT2D eigenvalue weighted by Gasteiger charge is 2.11. The molecule has 2 heterocycles. The monoisotopic (exact) mass is 219 g/mol. The van der Waals surface area contributed by atoms with Crippen LogP contribution in [0, 0.1) is 19.8 Å². The van der Waals surface area contributed by atoms with Crippen LogP contribution in [0.25, 0.3) is 11.4 Å². The van der Waals surface area contributed by atoms with E-state index in [2.05, 4.69) is 19.9 Å². The third-order valence-electron chi connectivity index (χ3n) is 1.98. The number of nitrogens with two attached hydrogens (primary N) is 1. The standard InChI is InChI=1S/C10H10FN5/c1-5-3-7(8(11)13-4-5)9-14-6(2)15-10(12)16-9/h3-4H,1-2H3,(H2,12,14,15,16). The molecule has 0 amide bonds. The summed E-state index contributed by atoms with van der Waals surface area (Å²) in [6.45, 7) is 3.48. The van der Waals surface area contributed by atoms with Crippen LogP contribution in [-0.2, 0) is 0 Å². The van der Waals surface area contributed by atoms with E-state index in [-0.39, 0.29) is 17.3 Å². The van der Waals surface area contributed by atoms with Gasteiger partial charge in [0, 0.05) is 6.20 Å². The van der Waals surface area contributed by atoms with Crippen molar-refractivity contribution in [1.82, 2.24) is 19.9 Å². The fourth-order valence-corrected chi connectivity index (χ4v) is 1.33. The molecule has 2 rings (SSSR count). The molecule has 2 aromatic heterocycles. The Balaban J connectivity index is 2.62. The van der Waals surface area contributed by atoms with Gasteiger partial charge in [0.2, 0.25) is 11.9 Å². The summed E-state index contributed by atoms with van der Waals surface area (Å²) < 4.78 is 13.5. The van der Waals surface area contributed by atoms with Crippen molar-refractivity contribution in [3.05, 3.63) is 29.6 Å². The molecular weight excluding hydrogens is 209 g/mol. The highest BCUT2D eigenvalue weighted by atomic mass is 19.1. The van der Waals surface area contributed by atoms with E-state index in [4.69, 9.17) is 5.73 Å². The van der Waals surface area contributed by atoms with Crippen LogP contribution < -0.4 is 5.73 Å². The molecule has 0 fully saturated rings. The van der Waals surface area contributed by atoms with Crippen molar-refractivity contribution < 1.29 is 4.39 Å². The van der Waals surface area contributed by atoms with E-state index in [1.807, 2.05) is 6.92 Å². The number of nitrogen functional groups attached to an aromatic ring is 1. The molecule has 0 aliphatic heterocycles. The molecule has 0 aliphatic carbocycles. The van der Waals surface area contributed by atoms with Crippen LogP contribution in [0.1, 0.15) is 11.4 Å². The molecule has 0 aromatic carbocycles. The second-order valence-corrected chi connectivity index (χ2v) is 3.42. The SMILES string of the molecule is Cc1cnc(F)c(-c2nc(C)nc(N)n2)c1. The zero-order valence-corrected chi connectivity index (χ0v) is 8.90. The number of aromatic nitrogens is 4. The van der Waals surface area contributed by atoms with Crippen molar-refractivity contribution in [2.45, 2.75) is 13.8 Å². The van der Waals surface area contributed by atoms with Gasteiger partial charge in [-0.3, -0.25) is 0 Å². The summed E-state index contributed by atoms with van der Waals surface area (Å²) in [4.78, 5) is 15.3. The van der Waals surface area contributed by atoms with Crippen LogP contribution in [0.2, 0.25) is 0 Å². The Morgan fingerprint density at radius 3 is 2.62 bits per heavy atom. The van der Waals surface area contributed by atoms with Gasteiger partial charge in [0.1, 0.15) is 5.82 Å². The Hall–Kier alpha value is -2.11. The van der Waals surface area contributed by atoms with Crippen molar-refractivity contribution in [3.63, 3.8) is 0 Å². The Morgan fingerprint density at radius 1 is 1.19 bits per heavy atom. The first kappa shape index (κ1) is 10.4. The quantitative estimate of drug-likeness (QED) is 0.731. The molecule has 2 aromatic rings. The maximum absolute atomic E-state index is 13.5. The van der Waals surface area contributed by atoms with E-state index in [1.54, 1.807) is 13.0 Å². The van der Waals surface area contributed by atoms with Crippen LogP contribution in [0.5, 0.6) is 0 Å². The number of rotatable bonds is 1. The zero-order chi connectivity index (χ0) is 11.7. The fourth-order valence-electron chi connectivity index (χ4n) is 1.33. The first-order valence-electron chi connectivity index (χ1n) is 4.67. The first-order chi connectivity index (χ1) is 7.56. The third kappa shape index (κ3) is 1.95. The lowest BCUT2D eigenvalue weighted by Gasteiger charge is -2.03. The summed E-state index contributed by atoms with van der Waals surface area (Å²) in [5, 5.41) is 0. The number of halogens is 1. The molecule has 0 atom stereocenters. The second-order valence-electron chi connectivity index (χ2n) is 3.42. The molecule has 2 N–H and O–H groups in total. The van der Waals surface area contributed by atoms with Crippen LogP contribution in [-0.4, -0.2) is 19.9 Å². The van der Waals surface area contributed by atoms with Gasteiger partial charge in [0.15, 0.2) is 5.82 Å². The summed E-state index contributed by atoms with van der Waals surface area (Å²) in [7, 11) is 0. The molecule has 0 saturated carbocycles. The molecule has 0 saturated heterocycles. The Labute approximate surface area is 91.6 Å². The zero-order valence-electron chi connectivity index (χ0n) is 8.90. The Bertz CT molecular complexity index is 520. The maximum atomic E-state index is 13.5. The molecule has 0 unspecified atom stereocenters. The van der Waals surface area contributed by atoms with Crippen LogP contribution in [0.4, 0.5) is 10.3 Å². The van der Waals surface area contributed by atoms with Gasteiger partial charge in [-0.15, -0.1) is 0 Å². The van der Waals surface area contributed by atoms with Crippen molar-refractivity contribution in [2.24, 2.45) is 0 Å². The lowest BCUT2D eigenvalue weighted by atomic mass is 10.2. The van der Waals surface area contributed by atoms with Gasteiger partial charge in [-0.1, -0.05) is 0 Å². The number of nitrogens with zero attached hydrogens (tertiary/aromatic N) is 4. The van der Waals surface area contributed by atoms with Gasteiger partial charge in [0.05, 0.1) is 5.56 Å². The highest BCUT2D eigenvalue weighted by molar-refractivity contribution is 5.56. The van der Waals surface area contributed by atoms with Crippen LogP contribution >= 0.6 is 0 Å². The fraction of sp³-hybridized carbons (Fsp3) is 0.200. The maximum Gasteiger partial charge on any atom is 0.223 e. The summed E-state index contributed by atoms with van der Waals surface area (Å²) in [5.74, 6) is 0.112. The molecule has 6 heteroatoms. The number of pyridine rings is 1. The minimum absolute atomic E-state index is 0.0726. The van der Waals surface area contributed by atoms with Crippen LogP contribution in [0.3, 0.4) is 0 Å². The number of anilines is 1. The predicted octanol–water partition coefficient (Wildman–Crippen LogP) is 1.27. The summed E-state index contributed by atoms with van der Waals surface area (Å²) in [5.41, 5.74) is 6.54. The van der Waals surface area contributed by atoms with E-state index < -0.39 is 5.95 Å². The lowest BCUT2D eigenvalue weighted by molar-refractivity contribution is 0.585. The van der Waals surface area contributed by atoms with Crippen molar-refractivity contribution >= 4 is 5.95 Å². The average Bonchev–Trinajstić information content (AvgIpc) is 2.20. The average molecular weight is 219 g/mol. The van der Waals surface area contributed by atoms with Crippen molar-refractivity contribution in [2.75, 3.05) is 5.73 Å². The van der Waals surface area contributed by atoms with Gasteiger partial charge in [-0.25, -0.2) is 9.97 Å². The van der Waals surface area contributed by atoms with Gasteiger partial charge < -0.3 is 5.73 Å². The molecule has 0 spiro atoms. The number of hydrogen-bond donors (Lipinski definition) is 1. The minimum atomic E-state index is -0.615. The molecule has 0 aliphatic rings. The topological polar surface area (TPSA) is 77.6 Å². The van der Waals surface area contributed by atoms with E-state index >= 15 is 0 Å². The Kier molecular flexibility index (Phi) is 2.47. The second kappa shape index (κ2) is 3.80. The first-order valence-corrected chi connectivity index (χ1v) is 4.67.